The Labute approximate surface area is 60.0 Å². The van der Waals surface area contributed by atoms with Gasteiger partial charge in [-0.25, -0.2) is 8.78 Å². The summed E-state index contributed by atoms with van der Waals surface area (Å²) in [7, 11) is 0. The standard InChI is InChI=1S/C7H13F2N/c1-2-10-5-3-4-6(10)7(8)9/h6-7H,2-5H2,1H3/t6-/m1/s1. The van der Waals surface area contributed by atoms with Gasteiger partial charge in [-0.05, 0) is 25.9 Å². The highest BCUT2D eigenvalue weighted by Crippen LogP contribution is 2.21. The molecule has 0 amide bonds. The summed E-state index contributed by atoms with van der Waals surface area (Å²) in [5.74, 6) is 0. The van der Waals surface area contributed by atoms with E-state index in [1.807, 2.05) is 11.8 Å². The predicted octanol–water partition coefficient (Wildman–Crippen LogP) is 1.74. The van der Waals surface area contributed by atoms with E-state index in [1.165, 1.54) is 0 Å². The summed E-state index contributed by atoms with van der Waals surface area (Å²) in [6, 6.07) is -0.454. The van der Waals surface area contributed by atoms with E-state index in [0.29, 0.717) is 6.42 Å². The van der Waals surface area contributed by atoms with Crippen molar-refractivity contribution >= 4 is 0 Å². The SMILES string of the molecule is CCN1CCC[C@@H]1C(F)F. The van der Waals surface area contributed by atoms with Gasteiger partial charge in [0, 0.05) is 0 Å². The summed E-state index contributed by atoms with van der Waals surface area (Å²) in [6.45, 7) is 3.54. The minimum absolute atomic E-state index is 0.454. The summed E-state index contributed by atoms with van der Waals surface area (Å²) in [4.78, 5) is 1.85. The fraction of sp³-hybridized carbons (Fsp3) is 1.00. The van der Waals surface area contributed by atoms with Crippen LogP contribution in [0.15, 0.2) is 0 Å². The molecule has 1 aliphatic rings. The third-order valence-electron chi connectivity index (χ3n) is 2.11. The van der Waals surface area contributed by atoms with Gasteiger partial charge in [-0.3, -0.25) is 4.90 Å². The van der Waals surface area contributed by atoms with Gasteiger partial charge in [-0.1, -0.05) is 6.92 Å². The first-order valence-corrected chi connectivity index (χ1v) is 3.78. The van der Waals surface area contributed by atoms with Gasteiger partial charge in [0.25, 0.3) is 6.43 Å². The molecule has 0 radical (unpaired) electrons. The van der Waals surface area contributed by atoms with E-state index >= 15 is 0 Å². The van der Waals surface area contributed by atoms with Crippen molar-refractivity contribution in [2.45, 2.75) is 32.2 Å². The number of alkyl halides is 2. The van der Waals surface area contributed by atoms with Crippen LogP contribution in [0.2, 0.25) is 0 Å². The number of hydrogen-bond donors (Lipinski definition) is 0. The fourth-order valence-electron chi connectivity index (χ4n) is 1.53. The largest absolute Gasteiger partial charge is 0.295 e. The lowest BCUT2D eigenvalue weighted by Crippen LogP contribution is -2.34. The quantitative estimate of drug-likeness (QED) is 0.578. The molecular formula is C7H13F2N. The Bertz CT molecular complexity index is 106. The highest BCUT2D eigenvalue weighted by atomic mass is 19.3. The van der Waals surface area contributed by atoms with Gasteiger partial charge in [0.15, 0.2) is 0 Å². The van der Waals surface area contributed by atoms with Crippen LogP contribution in [0.25, 0.3) is 0 Å². The van der Waals surface area contributed by atoms with E-state index in [4.69, 9.17) is 0 Å². The average Bonchev–Trinajstić information content (AvgIpc) is 2.33. The summed E-state index contributed by atoms with van der Waals surface area (Å²) in [6.07, 6.45) is -0.545. The molecule has 0 saturated carbocycles. The first kappa shape index (κ1) is 7.92. The average molecular weight is 149 g/mol. The number of rotatable bonds is 2. The second-order valence-corrected chi connectivity index (χ2v) is 2.67. The molecule has 0 aromatic heterocycles. The van der Waals surface area contributed by atoms with Gasteiger partial charge in [0.05, 0.1) is 6.04 Å². The molecule has 0 aliphatic carbocycles. The zero-order valence-corrected chi connectivity index (χ0v) is 6.19. The molecule has 1 fully saturated rings. The molecule has 3 heteroatoms. The van der Waals surface area contributed by atoms with E-state index in [9.17, 15) is 8.78 Å². The maximum atomic E-state index is 12.1. The third-order valence-corrected chi connectivity index (χ3v) is 2.11. The molecule has 0 aromatic rings. The minimum Gasteiger partial charge on any atom is -0.295 e. The van der Waals surface area contributed by atoms with Crippen LogP contribution in [0, 0.1) is 0 Å². The van der Waals surface area contributed by atoms with E-state index in [-0.39, 0.29) is 0 Å². The third kappa shape index (κ3) is 1.45. The number of nitrogens with zero attached hydrogens (tertiary/aromatic N) is 1. The van der Waals surface area contributed by atoms with E-state index < -0.39 is 12.5 Å². The number of hydrogen-bond acceptors (Lipinski definition) is 1. The Kier molecular flexibility index (Phi) is 2.60. The smallest absolute Gasteiger partial charge is 0.253 e. The van der Waals surface area contributed by atoms with Crippen molar-refractivity contribution in [3.63, 3.8) is 0 Å². The van der Waals surface area contributed by atoms with Gasteiger partial charge in [-0.15, -0.1) is 0 Å². The van der Waals surface area contributed by atoms with Crippen LogP contribution in [0.1, 0.15) is 19.8 Å². The fourth-order valence-corrected chi connectivity index (χ4v) is 1.53. The minimum atomic E-state index is -2.15. The van der Waals surface area contributed by atoms with Crippen molar-refractivity contribution in [3.8, 4) is 0 Å². The van der Waals surface area contributed by atoms with Crippen LogP contribution in [0.5, 0.6) is 0 Å². The Morgan fingerprint density at radius 3 is 2.70 bits per heavy atom. The van der Waals surface area contributed by atoms with Gasteiger partial charge >= 0.3 is 0 Å². The number of halogens is 2. The topological polar surface area (TPSA) is 3.24 Å². The van der Waals surface area contributed by atoms with Crippen molar-refractivity contribution in [3.05, 3.63) is 0 Å². The number of likely N-dealkylation sites (tertiary alicyclic amines) is 1. The van der Waals surface area contributed by atoms with Crippen LogP contribution in [0.3, 0.4) is 0 Å². The molecule has 0 bridgehead atoms. The van der Waals surface area contributed by atoms with Crippen LogP contribution in [-0.4, -0.2) is 30.5 Å². The van der Waals surface area contributed by atoms with Crippen LogP contribution >= 0.6 is 0 Å². The molecule has 1 rings (SSSR count). The van der Waals surface area contributed by atoms with Crippen molar-refractivity contribution in [1.29, 1.82) is 0 Å². The maximum absolute atomic E-state index is 12.1. The van der Waals surface area contributed by atoms with Crippen molar-refractivity contribution in [2.75, 3.05) is 13.1 Å². The normalized spacial score (nSPS) is 28.2. The predicted molar refractivity (Wildman–Crippen MR) is 36.3 cm³/mol. The van der Waals surface area contributed by atoms with Crippen LogP contribution in [0.4, 0.5) is 8.78 Å². The Hall–Kier alpha value is -0.180. The zero-order chi connectivity index (χ0) is 7.56. The summed E-state index contributed by atoms with van der Waals surface area (Å²) in [5.41, 5.74) is 0. The van der Waals surface area contributed by atoms with Gasteiger partial charge in [0.1, 0.15) is 0 Å². The van der Waals surface area contributed by atoms with Crippen molar-refractivity contribution in [2.24, 2.45) is 0 Å². The molecule has 1 aliphatic heterocycles. The highest BCUT2D eigenvalue weighted by molar-refractivity contribution is 4.79. The first-order chi connectivity index (χ1) is 4.75. The molecule has 1 heterocycles. The van der Waals surface area contributed by atoms with Crippen LogP contribution < -0.4 is 0 Å². The first-order valence-electron chi connectivity index (χ1n) is 3.78. The molecular weight excluding hydrogens is 136 g/mol. The lowest BCUT2D eigenvalue weighted by atomic mass is 10.2. The molecule has 1 saturated heterocycles. The Balaban J connectivity index is 2.42. The maximum Gasteiger partial charge on any atom is 0.253 e. The molecule has 0 N–H and O–H groups in total. The summed E-state index contributed by atoms with van der Waals surface area (Å²) >= 11 is 0. The Morgan fingerprint density at radius 2 is 2.30 bits per heavy atom. The second kappa shape index (κ2) is 3.28. The molecule has 0 aromatic carbocycles. The highest BCUT2D eigenvalue weighted by Gasteiger charge is 2.30. The Morgan fingerprint density at radius 1 is 1.60 bits per heavy atom. The molecule has 1 atom stereocenters. The van der Waals surface area contributed by atoms with Crippen molar-refractivity contribution < 1.29 is 8.78 Å². The molecule has 10 heavy (non-hydrogen) atoms. The molecule has 0 spiro atoms. The molecule has 60 valence electrons. The summed E-state index contributed by atoms with van der Waals surface area (Å²) < 4.78 is 24.3. The zero-order valence-electron chi connectivity index (χ0n) is 6.19. The molecule has 1 nitrogen and oxygen atoms in total. The van der Waals surface area contributed by atoms with Gasteiger partial charge < -0.3 is 0 Å². The van der Waals surface area contributed by atoms with E-state index in [2.05, 4.69) is 0 Å². The lowest BCUT2D eigenvalue weighted by Gasteiger charge is -2.21. The van der Waals surface area contributed by atoms with Crippen LogP contribution in [-0.2, 0) is 0 Å². The van der Waals surface area contributed by atoms with E-state index in [1.54, 1.807) is 0 Å². The monoisotopic (exact) mass is 149 g/mol. The van der Waals surface area contributed by atoms with Gasteiger partial charge in [-0.2, -0.15) is 0 Å². The lowest BCUT2D eigenvalue weighted by molar-refractivity contribution is 0.0499. The van der Waals surface area contributed by atoms with E-state index in [0.717, 1.165) is 19.5 Å². The summed E-state index contributed by atoms with van der Waals surface area (Å²) in [5, 5.41) is 0. The second-order valence-electron chi connectivity index (χ2n) is 2.67. The van der Waals surface area contributed by atoms with Crippen molar-refractivity contribution in [1.82, 2.24) is 4.90 Å². The van der Waals surface area contributed by atoms with Gasteiger partial charge in [0.2, 0.25) is 0 Å². The molecule has 0 unspecified atom stereocenters.